The van der Waals surface area contributed by atoms with Gasteiger partial charge in [-0.15, -0.1) is 5.10 Å². The van der Waals surface area contributed by atoms with Crippen LogP contribution in [0.2, 0.25) is 10.0 Å². The van der Waals surface area contributed by atoms with Crippen molar-refractivity contribution in [2.75, 3.05) is 24.7 Å². The van der Waals surface area contributed by atoms with Gasteiger partial charge in [0.15, 0.2) is 18.6 Å². The van der Waals surface area contributed by atoms with E-state index in [1.54, 1.807) is 20.1 Å². The van der Waals surface area contributed by atoms with Crippen molar-refractivity contribution in [1.82, 2.24) is 24.4 Å². The molecule has 1 unspecified atom stereocenters. The molecule has 0 spiro atoms. The number of nitrogens with one attached hydrogen (secondary N) is 2. The summed E-state index contributed by atoms with van der Waals surface area (Å²) in [5.41, 5.74) is 0.278. The number of carbonyl (C=O) groups excluding carboxylic acids is 2. The first-order valence-corrected chi connectivity index (χ1v) is 13.3. The Labute approximate surface area is 241 Å². The third-order valence-corrected chi connectivity index (χ3v) is 6.36. The van der Waals surface area contributed by atoms with Crippen molar-refractivity contribution in [2.45, 2.75) is 26.1 Å². The molecular weight excluding hydrogens is 594 g/mol. The van der Waals surface area contributed by atoms with Crippen molar-refractivity contribution < 1.29 is 27.5 Å². The van der Waals surface area contributed by atoms with E-state index in [4.69, 9.17) is 33.2 Å². The quantitative estimate of drug-likeness (QED) is 0.180. The zero-order chi connectivity index (χ0) is 29.6. The highest BCUT2D eigenvalue weighted by Crippen LogP contribution is 2.28. The number of nitriles is 1. The van der Waals surface area contributed by atoms with Gasteiger partial charge in [-0.2, -0.15) is 18.4 Å². The van der Waals surface area contributed by atoms with E-state index in [1.165, 1.54) is 46.7 Å². The molecule has 1 aromatic carbocycles. The normalized spacial score (nSPS) is 11.9. The molecule has 3 aromatic rings. The first-order chi connectivity index (χ1) is 18.8. The Morgan fingerprint density at radius 2 is 2.00 bits per heavy atom. The minimum Gasteiger partial charge on any atom is -0.467 e. The number of rotatable bonds is 10. The van der Waals surface area contributed by atoms with Crippen LogP contribution < -0.4 is 15.4 Å². The molecule has 0 bridgehead atoms. The fraction of sp³-hybridized carbons (Fsp3) is 0.292. The number of benzene rings is 1. The average molecular weight is 616 g/mol. The minimum absolute atomic E-state index is 0.0216. The summed E-state index contributed by atoms with van der Waals surface area (Å²) in [4.78, 5) is 30.7. The molecule has 0 aliphatic rings. The standard InChI is InChI=1S/C24H22Cl2F3N7O3S/c1-13-7-15(25)8-16(22(37)32-14(2)10-35(12-30)40-3)20(13)33-23(38)18-9-19(39-11-24(27,28)29)34-36(18)21-17(26)5-4-6-31-21/h4-9,14H,10-11H2,1-3H3,(H,32,37)(H,33,38). The van der Waals surface area contributed by atoms with Gasteiger partial charge in [0.25, 0.3) is 11.8 Å². The number of aromatic nitrogens is 3. The number of carbonyl (C=O) groups is 2. The molecule has 2 heterocycles. The van der Waals surface area contributed by atoms with Gasteiger partial charge < -0.3 is 15.4 Å². The third-order valence-electron chi connectivity index (χ3n) is 5.18. The minimum atomic E-state index is -4.64. The third kappa shape index (κ3) is 7.93. The highest BCUT2D eigenvalue weighted by molar-refractivity contribution is 7.96. The summed E-state index contributed by atoms with van der Waals surface area (Å²) in [6.45, 7) is 1.89. The van der Waals surface area contributed by atoms with E-state index < -0.39 is 36.5 Å². The maximum atomic E-state index is 13.5. The summed E-state index contributed by atoms with van der Waals surface area (Å²) in [6, 6.07) is 6.40. The molecule has 0 aliphatic heterocycles. The Hall–Kier alpha value is -3.67. The number of pyridine rings is 1. The van der Waals surface area contributed by atoms with Crippen molar-refractivity contribution in [2.24, 2.45) is 0 Å². The molecule has 0 saturated heterocycles. The van der Waals surface area contributed by atoms with Crippen LogP contribution in [0.25, 0.3) is 5.82 Å². The van der Waals surface area contributed by atoms with Crippen molar-refractivity contribution in [1.29, 1.82) is 5.26 Å². The monoisotopic (exact) mass is 615 g/mol. The number of amides is 2. The Kier molecular flexibility index (Phi) is 10.1. The molecule has 10 nitrogen and oxygen atoms in total. The molecule has 0 aliphatic carbocycles. The number of ether oxygens (including phenoxy) is 1. The Bertz CT molecular complexity index is 1450. The molecule has 1 atom stereocenters. The van der Waals surface area contributed by atoms with Crippen molar-refractivity contribution >= 4 is 52.7 Å². The number of nitrogens with zero attached hydrogens (tertiary/aromatic N) is 5. The fourth-order valence-corrected chi connectivity index (χ4v) is 4.39. The van der Waals surface area contributed by atoms with Crippen LogP contribution in [0.4, 0.5) is 18.9 Å². The summed E-state index contributed by atoms with van der Waals surface area (Å²) in [7, 11) is 0. The van der Waals surface area contributed by atoms with Gasteiger partial charge in [-0.3, -0.25) is 13.9 Å². The van der Waals surface area contributed by atoms with E-state index in [0.717, 1.165) is 10.7 Å². The molecule has 16 heteroatoms. The lowest BCUT2D eigenvalue weighted by Crippen LogP contribution is -2.39. The summed E-state index contributed by atoms with van der Waals surface area (Å²) in [5.74, 6) is -1.96. The summed E-state index contributed by atoms with van der Waals surface area (Å²) in [6.07, 6.45) is 0.415. The number of halogens is 5. The molecular formula is C24H22Cl2F3N7O3S. The molecule has 212 valence electrons. The lowest BCUT2D eigenvalue weighted by Gasteiger charge is -2.20. The van der Waals surface area contributed by atoms with Gasteiger partial charge in [0.1, 0.15) is 5.69 Å². The van der Waals surface area contributed by atoms with Gasteiger partial charge in [0.05, 0.1) is 22.8 Å². The largest absolute Gasteiger partial charge is 0.467 e. The first-order valence-electron chi connectivity index (χ1n) is 11.4. The van der Waals surface area contributed by atoms with Crippen LogP contribution in [-0.4, -0.2) is 62.5 Å². The van der Waals surface area contributed by atoms with E-state index in [9.17, 15) is 22.8 Å². The summed E-state index contributed by atoms with van der Waals surface area (Å²) >= 11 is 13.6. The van der Waals surface area contributed by atoms with Crippen LogP contribution in [0.5, 0.6) is 5.88 Å². The molecule has 0 radical (unpaired) electrons. The van der Waals surface area contributed by atoms with E-state index in [0.29, 0.717) is 5.56 Å². The molecule has 2 amide bonds. The zero-order valence-corrected chi connectivity index (χ0v) is 23.5. The highest BCUT2D eigenvalue weighted by atomic mass is 35.5. The second kappa shape index (κ2) is 13.1. The van der Waals surface area contributed by atoms with Crippen LogP contribution in [-0.2, 0) is 0 Å². The number of hydrogen-bond acceptors (Lipinski definition) is 8. The van der Waals surface area contributed by atoms with E-state index >= 15 is 0 Å². The Morgan fingerprint density at radius 3 is 2.62 bits per heavy atom. The van der Waals surface area contributed by atoms with Gasteiger partial charge >= 0.3 is 6.18 Å². The van der Waals surface area contributed by atoms with Crippen molar-refractivity contribution in [3.05, 3.63) is 63.4 Å². The Balaban J connectivity index is 1.97. The number of alkyl halides is 3. The molecule has 3 rings (SSSR count). The van der Waals surface area contributed by atoms with Crippen molar-refractivity contribution in [3.8, 4) is 17.9 Å². The number of aryl methyl sites for hydroxylation is 1. The Morgan fingerprint density at radius 1 is 1.27 bits per heavy atom. The van der Waals surface area contributed by atoms with Crippen LogP contribution >= 0.6 is 35.1 Å². The second-order valence-electron chi connectivity index (χ2n) is 8.31. The van der Waals surface area contributed by atoms with Gasteiger partial charge in [-0.1, -0.05) is 23.2 Å². The van der Waals surface area contributed by atoms with Gasteiger partial charge in [-0.25, -0.2) is 9.67 Å². The molecule has 2 N–H and O–H groups in total. The van der Waals surface area contributed by atoms with Crippen LogP contribution in [0.15, 0.2) is 36.5 Å². The lowest BCUT2D eigenvalue weighted by molar-refractivity contribution is -0.154. The van der Waals surface area contributed by atoms with Gasteiger partial charge in [0.2, 0.25) is 5.88 Å². The SMILES string of the molecule is CSN(C#N)CC(C)NC(=O)c1cc(Cl)cc(C)c1NC(=O)c1cc(OCC(F)(F)F)nn1-c1ncccc1Cl. The fourth-order valence-electron chi connectivity index (χ4n) is 3.46. The molecule has 0 saturated carbocycles. The maximum Gasteiger partial charge on any atom is 0.422 e. The van der Waals surface area contributed by atoms with Crippen LogP contribution in [0.1, 0.15) is 33.3 Å². The average Bonchev–Trinajstić information content (AvgIpc) is 3.31. The number of anilines is 1. The van der Waals surface area contributed by atoms with E-state index in [2.05, 4.69) is 20.7 Å². The second-order valence-corrected chi connectivity index (χ2v) is 9.96. The smallest absolute Gasteiger partial charge is 0.422 e. The topological polar surface area (TPSA) is 125 Å². The summed E-state index contributed by atoms with van der Waals surface area (Å²) in [5, 5.41) is 18.7. The zero-order valence-electron chi connectivity index (χ0n) is 21.2. The van der Waals surface area contributed by atoms with Crippen molar-refractivity contribution in [3.63, 3.8) is 0 Å². The van der Waals surface area contributed by atoms with Gasteiger partial charge in [0, 0.05) is 29.6 Å². The molecule has 40 heavy (non-hydrogen) atoms. The predicted octanol–water partition coefficient (Wildman–Crippen LogP) is 5.26. The highest BCUT2D eigenvalue weighted by Gasteiger charge is 2.30. The van der Waals surface area contributed by atoms with Crippen LogP contribution in [0, 0.1) is 18.4 Å². The molecule has 2 aromatic heterocycles. The maximum absolute atomic E-state index is 13.5. The molecule has 0 fully saturated rings. The van der Waals surface area contributed by atoms with Gasteiger partial charge in [-0.05, 0) is 55.6 Å². The summed E-state index contributed by atoms with van der Waals surface area (Å²) < 4.78 is 45.3. The van der Waals surface area contributed by atoms with E-state index in [1.807, 2.05) is 6.19 Å². The predicted molar refractivity (Wildman–Crippen MR) is 145 cm³/mol. The number of hydrogen-bond donors (Lipinski definition) is 2. The first kappa shape index (κ1) is 30.9. The lowest BCUT2D eigenvalue weighted by atomic mass is 10.1. The van der Waals surface area contributed by atoms with Crippen LogP contribution in [0.3, 0.4) is 0 Å². The van der Waals surface area contributed by atoms with E-state index in [-0.39, 0.29) is 39.4 Å².